The topological polar surface area (TPSA) is 98.2 Å². The number of hydrogen-bond acceptors (Lipinski definition) is 3. The van der Waals surface area contributed by atoms with Crippen molar-refractivity contribution in [3.05, 3.63) is 28.2 Å². The first-order valence-corrected chi connectivity index (χ1v) is 6.11. The van der Waals surface area contributed by atoms with E-state index in [1.165, 1.54) is 6.07 Å². The van der Waals surface area contributed by atoms with Crippen LogP contribution < -0.4 is 16.8 Å². The highest BCUT2D eigenvalue weighted by molar-refractivity contribution is 9.10. The monoisotopic (exact) mass is 389 g/mol. The molecule has 0 spiro atoms. The van der Waals surface area contributed by atoms with Crippen molar-refractivity contribution < 1.29 is 22.8 Å². The number of nitrogens with two attached hydrogens (primary N) is 2. The highest BCUT2D eigenvalue weighted by Gasteiger charge is 2.31. The molecule has 0 aliphatic carbocycles. The Labute approximate surface area is 132 Å². The Morgan fingerprint density at radius 1 is 1.29 bits per heavy atom. The maximum Gasteiger partial charge on any atom is 0.416 e. The highest BCUT2D eigenvalue weighted by atomic mass is 79.9. The second-order valence-corrected chi connectivity index (χ2v) is 4.91. The molecule has 0 bridgehead atoms. The smallest absolute Gasteiger partial charge is 0.370 e. The van der Waals surface area contributed by atoms with Crippen molar-refractivity contribution in [2.75, 3.05) is 5.32 Å². The summed E-state index contributed by atoms with van der Waals surface area (Å²) in [7, 11) is 0. The largest absolute Gasteiger partial charge is 0.416 e. The molecule has 2 amide bonds. The van der Waals surface area contributed by atoms with E-state index >= 15 is 0 Å². The second-order valence-electron chi connectivity index (χ2n) is 3.99. The van der Waals surface area contributed by atoms with Crippen molar-refractivity contribution in [3.8, 4) is 0 Å². The number of primary amides is 1. The number of carbonyl (C=O) groups is 2. The first kappa shape index (κ1) is 19.7. The normalized spacial score (nSPS) is 12.2. The lowest BCUT2D eigenvalue weighted by Crippen LogP contribution is -2.39. The number of alkyl halides is 3. The zero-order chi connectivity index (χ0) is 15.5. The zero-order valence-electron chi connectivity index (χ0n) is 10.4. The third-order valence-corrected chi connectivity index (χ3v) is 2.71. The molecule has 0 aromatic heterocycles. The van der Waals surface area contributed by atoms with E-state index < -0.39 is 36.0 Å². The molecule has 5 N–H and O–H groups in total. The van der Waals surface area contributed by atoms with Crippen LogP contribution in [0.3, 0.4) is 0 Å². The molecule has 0 aliphatic rings. The summed E-state index contributed by atoms with van der Waals surface area (Å²) >= 11 is 2.92. The molecule has 118 valence electrons. The summed E-state index contributed by atoms with van der Waals surface area (Å²) in [5.41, 5.74) is 9.24. The van der Waals surface area contributed by atoms with Gasteiger partial charge in [0.1, 0.15) is 0 Å². The highest BCUT2D eigenvalue weighted by Crippen LogP contribution is 2.33. The van der Waals surface area contributed by atoms with Gasteiger partial charge < -0.3 is 16.8 Å². The fourth-order valence-electron chi connectivity index (χ4n) is 1.37. The molecule has 21 heavy (non-hydrogen) atoms. The van der Waals surface area contributed by atoms with Crippen LogP contribution in [0.1, 0.15) is 12.0 Å². The lowest BCUT2D eigenvalue weighted by molar-refractivity contribution is -0.137. The number of nitrogens with one attached hydrogen (secondary N) is 1. The summed E-state index contributed by atoms with van der Waals surface area (Å²) in [4.78, 5) is 22.2. The summed E-state index contributed by atoms with van der Waals surface area (Å²) < 4.78 is 37.9. The van der Waals surface area contributed by atoms with Gasteiger partial charge in [0.25, 0.3) is 0 Å². The van der Waals surface area contributed by atoms with Crippen molar-refractivity contribution in [3.63, 3.8) is 0 Å². The Bertz CT molecular complexity index is 540. The Kier molecular flexibility index (Phi) is 7.14. The molecule has 1 aromatic rings. The van der Waals surface area contributed by atoms with Gasteiger partial charge in [0.05, 0.1) is 18.0 Å². The minimum Gasteiger partial charge on any atom is -0.370 e. The van der Waals surface area contributed by atoms with Crippen LogP contribution in [0.4, 0.5) is 18.9 Å². The van der Waals surface area contributed by atoms with Gasteiger partial charge in [-0.3, -0.25) is 9.59 Å². The van der Waals surface area contributed by atoms with Gasteiger partial charge in [-0.25, -0.2) is 0 Å². The van der Waals surface area contributed by atoms with Gasteiger partial charge in [-0.05, 0) is 18.2 Å². The van der Waals surface area contributed by atoms with E-state index in [2.05, 4.69) is 21.2 Å². The standard InChI is InChI=1S/C11H11BrF3N3O2.ClH/c12-6-1-5(11(13,14)15)2-7(3-6)18-10(20)8(16)4-9(17)19;/h1-3,8H,4,16H2,(H2,17,19)(H,18,20);1H. The lowest BCUT2D eigenvalue weighted by Gasteiger charge is -2.13. The Hall–Kier alpha value is -1.32. The molecule has 1 rings (SSSR count). The lowest BCUT2D eigenvalue weighted by atomic mass is 10.1. The summed E-state index contributed by atoms with van der Waals surface area (Å²) in [6.45, 7) is 0. The van der Waals surface area contributed by atoms with E-state index in [1.54, 1.807) is 0 Å². The summed E-state index contributed by atoms with van der Waals surface area (Å²) in [6.07, 6.45) is -4.94. The van der Waals surface area contributed by atoms with Crippen LogP contribution in [0.2, 0.25) is 0 Å². The van der Waals surface area contributed by atoms with Gasteiger partial charge in [0, 0.05) is 10.2 Å². The minimum absolute atomic E-state index is 0. The van der Waals surface area contributed by atoms with Crippen LogP contribution >= 0.6 is 28.3 Å². The molecule has 0 fully saturated rings. The number of anilines is 1. The third-order valence-electron chi connectivity index (χ3n) is 2.25. The Morgan fingerprint density at radius 3 is 2.33 bits per heavy atom. The van der Waals surface area contributed by atoms with Crippen molar-refractivity contribution in [1.29, 1.82) is 0 Å². The first-order valence-electron chi connectivity index (χ1n) is 5.32. The maximum atomic E-state index is 12.6. The molecule has 0 heterocycles. The second kappa shape index (κ2) is 7.62. The van der Waals surface area contributed by atoms with E-state index in [0.29, 0.717) is 0 Å². The van der Waals surface area contributed by atoms with Crippen LogP contribution in [0.25, 0.3) is 0 Å². The SMILES string of the molecule is Cl.NC(=O)CC(N)C(=O)Nc1cc(Br)cc(C(F)(F)F)c1. The molecule has 0 saturated heterocycles. The number of carbonyl (C=O) groups excluding carboxylic acids is 2. The van der Waals surface area contributed by atoms with Crippen molar-refractivity contribution in [2.45, 2.75) is 18.6 Å². The Balaban J connectivity index is 0.00000400. The number of benzene rings is 1. The quantitative estimate of drug-likeness (QED) is 0.733. The van der Waals surface area contributed by atoms with Crippen molar-refractivity contribution >= 4 is 45.8 Å². The summed E-state index contributed by atoms with van der Waals surface area (Å²) in [6, 6.07) is 1.70. The van der Waals surface area contributed by atoms with Crippen molar-refractivity contribution in [1.82, 2.24) is 0 Å². The molecule has 1 unspecified atom stereocenters. The van der Waals surface area contributed by atoms with Gasteiger partial charge in [0.2, 0.25) is 11.8 Å². The number of amides is 2. The van der Waals surface area contributed by atoms with E-state index in [1.807, 2.05) is 0 Å². The van der Waals surface area contributed by atoms with E-state index in [9.17, 15) is 22.8 Å². The van der Waals surface area contributed by atoms with Crippen LogP contribution in [0, 0.1) is 0 Å². The van der Waals surface area contributed by atoms with E-state index in [4.69, 9.17) is 11.5 Å². The summed E-state index contributed by atoms with van der Waals surface area (Å²) in [5, 5.41) is 2.20. The van der Waals surface area contributed by atoms with Gasteiger partial charge in [-0.2, -0.15) is 13.2 Å². The zero-order valence-corrected chi connectivity index (χ0v) is 12.8. The van der Waals surface area contributed by atoms with Crippen LogP contribution in [0.15, 0.2) is 22.7 Å². The Morgan fingerprint density at radius 2 is 1.86 bits per heavy atom. The summed E-state index contributed by atoms with van der Waals surface area (Å²) in [5.74, 6) is -1.58. The predicted octanol–water partition coefficient (Wildman–Crippen LogP) is 2.03. The van der Waals surface area contributed by atoms with Gasteiger partial charge in [0.15, 0.2) is 0 Å². The van der Waals surface area contributed by atoms with E-state index in [0.717, 1.165) is 12.1 Å². The first-order chi connectivity index (χ1) is 9.09. The van der Waals surface area contributed by atoms with Gasteiger partial charge in [-0.15, -0.1) is 12.4 Å². The van der Waals surface area contributed by atoms with E-state index in [-0.39, 0.29) is 22.6 Å². The molecule has 0 radical (unpaired) electrons. The van der Waals surface area contributed by atoms with Crippen LogP contribution in [-0.4, -0.2) is 17.9 Å². The number of rotatable bonds is 4. The van der Waals surface area contributed by atoms with Crippen LogP contribution in [-0.2, 0) is 15.8 Å². The van der Waals surface area contributed by atoms with Gasteiger partial charge in [-0.1, -0.05) is 15.9 Å². The number of halogens is 5. The molecule has 10 heteroatoms. The molecular weight excluding hydrogens is 378 g/mol. The molecule has 0 saturated carbocycles. The molecule has 0 aliphatic heterocycles. The maximum absolute atomic E-state index is 12.6. The third kappa shape index (κ3) is 6.32. The van der Waals surface area contributed by atoms with Crippen molar-refractivity contribution in [2.24, 2.45) is 11.5 Å². The fourth-order valence-corrected chi connectivity index (χ4v) is 1.86. The average Bonchev–Trinajstić information content (AvgIpc) is 2.25. The van der Waals surface area contributed by atoms with Gasteiger partial charge >= 0.3 is 6.18 Å². The predicted molar refractivity (Wildman–Crippen MR) is 76.8 cm³/mol. The molecular formula is C11H12BrClF3N3O2. The fraction of sp³-hybridized carbons (Fsp3) is 0.273. The molecule has 1 atom stereocenters. The minimum atomic E-state index is -4.54. The molecule has 1 aromatic carbocycles. The van der Waals surface area contributed by atoms with Crippen LogP contribution in [0.5, 0.6) is 0 Å². The number of hydrogen-bond donors (Lipinski definition) is 3. The molecule has 5 nitrogen and oxygen atoms in total. The average molecular weight is 391 g/mol.